The van der Waals surface area contributed by atoms with Crippen LogP contribution in [-0.2, 0) is 4.74 Å². The van der Waals surface area contributed by atoms with Crippen LogP contribution in [-0.4, -0.2) is 24.2 Å². The van der Waals surface area contributed by atoms with E-state index in [9.17, 15) is 10.1 Å². The summed E-state index contributed by atoms with van der Waals surface area (Å²) in [5, 5.41) is 14.1. The lowest BCUT2D eigenvalue weighted by Gasteiger charge is -2.29. The number of hydrogen-bond donors (Lipinski definition) is 2. The molecule has 0 spiro atoms. The summed E-state index contributed by atoms with van der Waals surface area (Å²) in [4.78, 5) is 10.2. The summed E-state index contributed by atoms with van der Waals surface area (Å²) in [5.74, 6) is 0.560. The molecule has 1 heterocycles. The van der Waals surface area contributed by atoms with E-state index in [4.69, 9.17) is 10.5 Å². The molecule has 1 aliphatic rings. The first-order chi connectivity index (χ1) is 9.08. The van der Waals surface area contributed by atoms with E-state index in [1.54, 1.807) is 12.1 Å². The molecule has 0 aromatic heterocycles. The molecule has 1 atom stereocenters. The maximum atomic E-state index is 10.7. The van der Waals surface area contributed by atoms with Crippen LogP contribution >= 0.6 is 0 Å². The van der Waals surface area contributed by atoms with Gasteiger partial charge in [0.1, 0.15) is 5.69 Å². The first kappa shape index (κ1) is 13.6. The van der Waals surface area contributed by atoms with E-state index in [1.165, 1.54) is 6.07 Å². The fourth-order valence-corrected chi connectivity index (χ4v) is 2.41. The maximum absolute atomic E-state index is 10.7. The van der Waals surface area contributed by atoms with Gasteiger partial charge in [0.05, 0.1) is 4.92 Å². The highest BCUT2D eigenvalue weighted by molar-refractivity contribution is 5.66. The fraction of sp³-hybridized carbons (Fsp3) is 0.538. The molecular formula is C13H19N3O3. The average Bonchev–Trinajstić information content (AvgIpc) is 2.39. The second kappa shape index (κ2) is 5.88. The minimum absolute atomic E-state index is 0.0516. The van der Waals surface area contributed by atoms with Gasteiger partial charge in [-0.15, -0.1) is 0 Å². The Kier molecular flexibility index (Phi) is 4.21. The zero-order chi connectivity index (χ0) is 13.8. The van der Waals surface area contributed by atoms with Gasteiger partial charge in [-0.2, -0.15) is 0 Å². The van der Waals surface area contributed by atoms with Crippen LogP contribution in [0.1, 0.15) is 19.8 Å². The summed E-state index contributed by atoms with van der Waals surface area (Å²) in [6.45, 7) is 3.73. The first-order valence-corrected chi connectivity index (χ1v) is 6.46. The largest absolute Gasteiger partial charge is 0.393 e. The molecule has 19 heavy (non-hydrogen) atoms. The maximum Gasteiger partial charge on any atom is 0.292 e. The van der Waals surface area contributed by atoms with Crippen molar-refractivity contribution >= 4 is 17.1 Å². The Morgan fingerprint density at radius 3 is 2.74 bits per heavy atom. The SMILES string of the molecule is CC(Nc1ccc([N+](=O)[O-])c(N)c1)C1CCOCC1. The number of nitrogen functional groups attached to an aromatic ring is 1. The van der Waals surface area contributed by atoms with E-state index in [-0.39, 0.29) is 11.4 Å². The number of nitrogens with two attached hydrogens (primary N) is 1. The molecule has 3 N–H and O–H groups in total. The predicted molar refractivity (Wildman–Crippen MR) is 74.1 cm³/mol. The van der Waals surface area contributed by atoms with Crippen LogP contribution in [0.3, 0.4) is 0 Å². The highest BCUT2D eigenvalue weighted by Gasteiger charge is 2.21. The van der Waals surface area contributed by atoms with Crippen LogP contribution in [0.15, 0.2) is 18.2 Å². The zero-order valence-electron chi connectivity index (χ0n) is 11.0. The van der Waals surface area contributed by atoms with Crippen molar-refractivity contribution in [3.05, 3.63) is 28.3 Å². The number of hydrogen-bond acceptors (Lipinski definition) is 5. The Bertz CT molecular complexity index is 458. The molecule has 0 radical (unpaired) electrons. The van der Waals surface area contributed by atoms with Crippen LogP contribution in [0.4, 0.5) is 17.1 Å². The van der Waals surface area contributed by atoms with Gasteiger partial charge in [-0.25, -0.2) is 0 Å². The average molecular weight is 265 g/mol. The van der Waals surface area contributed by atoms with E-state index in [0.717, 1.165) is 31.7 Å². The summed E-state index contributed by atoms with van der Waals surface area (Å²) in [6.07, 6.45) is 2.08. The topological polar surface area (TPSA) is 90.4 Å². The fourth-order valence-electron chi connectivity index (χ4n) is 2.41. The second-order valence-corrected chi connectivity index (χ2v) is 4.91. The van der Waals surface area contributed by atoms with E-state index >= 15 is 0 Å². The molecule has 0 bridgehead atoms. The molecule has 1 aliphatic heterocycles. The summed E-state index contributed by atoms with van der Waals surface area (Å²) >= 11 is 0. The molecule has 2 rings (SSSR count). The summed E-state index contributed by atoms with van der Waals surface area (Å²) in [5.41, 5.74) is 6.63. The molecule has 104 valence electrons. The third-order valence-electron chi connectivity index (χ3n) is 3.59. The van der Waals surface area contributed by atoms with Crippen molar-refractivity contribution in [2.45, 2.75) is 25.8 Å². The molecule has 1 aromatic carbocycles. The normalized spacial score (nSPS) is 17.9. The molecule has 1 aromatic rings. The third-order valence-corrected chi connectivity index (χ3v) is 3.59. The van der Waals surface area contributed by atoms with Crippen molar-refractivity contribution < 1.29 is 9.66 Å². The Morgan fingerprint density at radius 2 is 2.16 bits per heavy atom. The quantitative estimate of drug-likeness (QED) is 0.495. The van der Waals surface area contributed by atoms with Crippen molar-refractivity contribution in [2.24, 2.45) is 5.92 Å². The first-order valence-electron chi connectivity index (χ1n) is 6.46. The van der Waals surface area contributed by atoms with Crippen LogP contribution in [0.5, 0.6) is 0 Å². The molecule has 1 saturated heterocycles. The second-order valence-electron chi connectivity index (χ2n) is 4.91. The van der Waals surface area contributed by atoms with E-state index in [0.29, 0.717) is 12.0 Å². The van der Waals surface area contributed by atoms with Crippen LogP contribution in [0.25, 0.3) is 0 Å². The Hall–Kier alpha value is -1.82. The molecule has 1 unspecified atom stereocenters. The minimum Gasteiger partial charge on any atom is -0.393 e. The van der Waals surface area contributed by atoms with Crippen LogP contribution < -0.4 is 11.1 Å². The lowest BCUT2D eigenvalue weighted by Crippen LogP contribution is -2.30. The number of nitro benzene ring substituents is 1. The zero-order valence-corrected chi connectivity index (χ0v) is 11.0. The van der Waals surface area contributed by atoms with Gasteiger partial charge in [-0.05, 0) is 37.8 Å². The standard InChI is InChI=1S/C13H19N3O3/c1-9(10-4-6-19-7-5-10)15-11-2-3-13(16(17)18)12(14)8-11/h2-3,8-10,15H,4-7,14H2,1H3. The van der Waals surface area contributed by atoms with Crippen LogP contribution in [0.2, 0.25) is 0 Å². The molecule has 0 aliphatic carbocycles. The number of benzene rings is 1. The predicted octanol–water partition coefficient (Wildman–Crippen LogP) is 2.40. The number of nitrogens with zero attached hydrogens (tertiary/aromatic N) is 1. The van der Waals surface area contributed by atoms with Gasteiger partial charge in [-0.3, -0.25) is 10.1 Å². The Labute approximate surface area is 112 Å². The summed E-state index contributed by atoms with van der Waals surface area (Å²) in [7, 11) is 0. The number of nitro groups is 1. The van der Waals surface area contributed by atoms with Gasteiger partial charge in [0, 0.05) is 31.0 Å². The van der Waals surface area contributed by atoms with E-state index < -0.39 is 4.92 Å². The van der Waals surface area contributed by atoms with Crippen molar-refractivity contribution in [1.29, 1.82) is 0 Å². The van der Waals surface area contributed by atoms with Crippen molar-refractivity contribution in [2.75, 3.05) is 24.3 Å². The van der Waals surface area contributed by atoms with Crippen molar-refractivity contribution in [3.63, 3.8) is 0 Å². The highest BCUT2D eigenvalue weighted by Crippen LogP contribution is 2.27. The highest BCUT2D eigenvalue weighted by atomic mass is 16.6. The monoisotopic (exact) mass is 265 g/mol. The Balaban J connectivity index is 2.02. The van der Waals surface area contributed by atoms with Crippen molar-refractivity contribution in [1.82, 2.24) is 0 Å². The van der Waals surface area contributed by atoms with Crippen molar-refractivity contribution in [3.8, 4) is 0 Å². The Morgan fingerprint density at radius 1 is 1.47 bits per heavy atom. The van der Waals surface area contributed by atoms with E-state index in [1.807, 2.05) is 0 Å². The molecule has 6 heteroatoms. The summed E-state index contributed by atoms with van der Waals surface area (Å²) < 4.78 is 5.34. The smallest absolute Gasteiger partial charge is 0.292 e. The van der Waals surface area contributed by atoms with Gasteiger partial charge in [0.2, 0.25) is 0 Å². The van der Waals surface area contributed by atoms with Gasteiger partial charge >= 0.3 is 0 Å². The lowest BCUT2D eigenvalue weighted by molar-refractivity contribution is -0.383. The third kappa shape index (κ3) is 3.35. The lowest BCUT2D eigenvalue weighted by atomic mass is 9.93. The number of rotatable bonds is 4. The minimum atomic E-state index is -0.471. The molecule has 0 amide bonds. The van der Waals surface area contributed by atoms with Gasteiger partial charge < -0.3 is 15.8 Å². The van der Waals surface area contributed by atoms with E-state index in [2.05, 4.69) is 12.2 Å². The molecule has 6 nitrogen and oxygen atoms in total. The molecule has 0 saturated carbocycles. The molecule has 1 fully saturated rings. The number of ether oxygens (including phenoxy) is 1. The number of anilines is 2. The molecular weight excluding hydrogens is 246 g/mol. The van der Waals surface area contributed by atoms with Gasteiger partial charge in [0.15, 0.2) is 0 Å². The van der Waals surface area contributed by atoms with Gasteiger partial charge in [-0.1, -0.05) is 0 Å². The van der Waals surface area contributed by atoms with Crippen LogP contribution in [0, 0.1) is 16.0 Å². The number of nitrogens with one attached hydrogen (secondary N) is 1. The summed E-state index contributed by atoms with van der Waals surface area (Å²) in [6, 6.07) is 5.05. The van der Waals surface area contributed by atoms with Gasteiger partial charge in [0.25, 0.3) is 5.69 Å².